The lowest BCUT2D eigenvalue weighted by Gasteiger charge is -2.48. The first-order chi connectivity index (χ1) is 45.8. The molecule has 0 radical (unpaired) electrons. The van der Waals surface area contributed by atoms with Crippen LogP contribution in [0, 0.1) is 0 Å². The summed E-state index contributed by atoms with van der Waals surface area (Å²) in [6.07, 6.45) is 26.0. The highest BCUT2D eigenvalue weighted by Crippen LogP contribution is 2.58. The van der Waals surface area contributed by atoms with Crippen molar-refractivity contribution in [1.29, 1.82) is 0 Å². The summed E-state index contributed by atoms with van der Waals surface area (Å²) in [6, 6.07) is 70.6. The van der Waals surface area contributed by atoms with E-state index in [1.54, 1.807) is 11.1 Å². The number of benzene rings is 8. The monoisotopic (exact) mass is 1270 g/mol. The largest absolute Gasteiger partial charge is 0.311 e. The lowest BCUT2D eigenvalue weighted by molar-refractivity contribution is 0.234. The van der Waals surface area contributed by atoms with Crippen LogP contribution in [0.5, 0.6) is 0 Å². The van der Waals surface area contributed by atoms with Gasteiger partial charge in [0.15, 0.2) is 0 Å². The van der Waals surface area contributed by atoms with Crippen molar-refractivity contribution in [3.63, 3.8) is 0 Å². The second-order valence-electron chi connectivity index (χ2n) is 31.4. The fourth-order valence-corrected chi connectivity index (χ4v) is 17.2. The molecule has 0 aliphatic heterocycles. The van der Waals surface area contributed by atoms with Gasteiger partial charge in [-0.2, -0.15) is 0 Å². The topological polar surface area (TPSA) is 6.48 Å². The zero-order chi connectivity index (χ0) is 67.7. The van der Waals surface area contributed by atoms with Gasteiger partial charge < -0.3 is 9.80 Å². The molecule has 0 saturated carbocycles. The third kappa shape index (κ3) is 14.5. The minimum absolute atomic E-state index is 0.0118. The van der Waals surface area contributed by atoms with E-state index in [4.69, 9.17) is 0 Å². The van der Waals surface area contributed by atoms with Crippen molar-refractivity contribution in [3.05, 3.63) is 237 Å². The van der Waals surface area contributed by atoms with Crippen LogP contribution in [0.3, 0.4) is 0 Å². The van der Waals surface area contributed by atoms with E-state index in [0.717, 1.165) is 38.5 Å². The molecule has 2 heteroatoms. The van der Waals surface area contributed by atoms with Crippen molar-refractivity contribution in [2.24, 2.45) is 0 Å². The quantitative estimate of drug-likeness (QED) is 0.0378. The summed E-state index contributed by atoms with van der Waals surface area (Å²) in [5, 5.41) is 0. The Kier molecular flexibility index (Phi) is 23.1. The van der Waals surface area contributed by atoms with Gasteiger partial charge in [0.05, 0.1) is 0 Å². The summed E-state index contributed by atoms with van der Waals surface area (Å²) < 4.78 is 0. The van der Waals surface area contributed by atoms with Crippen LogP contribution >= 0.6 is 0 Å². The summed E-state index contributed by atoms with van der Waals surface area (Å²) in [6.45, 7) is 38.5. The van der Waals surface area contributed by atoms with E-state index in [-0.39, 0.29) is 27.1 Å². The van der Waals surface area contributed by atoms with E-state index in [1.165, 1.54) is 192 Å². The number of aryl methyl sites for hydroxylation is 2. The van der Waals surface area contributed by atoms with Crippen molar-refractivity contribution < 1.29 is 0 Å². The Morgan fingerprint density at radius 2 is 0.758 bits per heavy atom. The van der Waals surface area contributed by atoms with Gasteiger partial charge >= 0.3 is 0 Å². The van der Waals surface area contributed by atoms with Crippen LogP contribution in [0.4, 0.5) is 34.1 Å². The van der Waals surface area contributed by atoms with Gasteiger partial charge in [0.2, 0.25) is 0 Å². The van der Waals surface area contributed by atoms with Gasteiger partial charge in [0, 0.05) is 50.4 Å². The van der Waals surface area contributed by atoms with E-state index in [1.807, 2.05) is 0 Å². The number of rotatable bonds is 33. The number of unbranched alkanes of at least 4 members (excludes halogenated alkanes) is 10. The van der Waals surface area contributed by atoms with Gasteiger partial charge in [-0.3, -0.25) is 0 Å². The van der Waals surface area contributed by atoms with Crippen LogP contribution in [0.1, 0.15) is 312 Å². The van der Waals surface area contributed by atoms with Crippen LogP contribution in [0.25, 0.3) is 11.1 Å². The number of hydrogen-bond donors (Lipinski definition) is 0. The van der Waals surface area contributed by atoms with Gasteiger partial charge in [-0.25, -0.2) is 0 Å². The molecule has 2 nitrogen and oxygen atoms in total. The van der Waals surface area contributed by atoms with Crippen LogP contribution in [-0.4, -0.2) is 0 Å². The Labute approximate surface area is 579 Å². The molecule has 0 bridgehead atoms. The fraction of sp³-hybridized carbons (Fsp3) is 0.484. The Bertz CT molecular complexity index is 3730. The molecule has 0 saturated heterocycles. The molecule has 0 amide bonds. The molecule has 504 valence electrons. The summed E-state index contributed by atoms with van der Waals surface area (Å²) in [7, 11) is 0. The third-order valence-electron chi connectivity index (χ3n) is 24.7. The molecule has 2 aliphatic carbocycles. The molecule has 0 spiro atoms. The Morgan fingerprint density at radius 3 is 1.19 bits per heavy atom. The lowest BCUT2D eigenvalue weighted by Crippen LogP contribution is -2.44. The molecule has 5 atom stereocenters. The van der Waals surface area contributed by atoms with Crippen molar-refractivity contribution in [2.45, 2.75) is 290 Å². The van der Waals surface area contributed by atoms with Gasteiger partial charge in [-0.1, -0.05) is 291 Å². The highest BCUT2D eigenvalue weighted by molar-refractivity contribution is 5.83. The predicted octanol–water partition coefficient (Wildman–Crippen LogP) is 28.3. The molecule has 0 fully saturated rings. The molecule has 10 rings (SSSR count). The van der Waals surface area contributed by atoms with E-state index < -0.39 is 0 Å². The second-order valence-corrected chi connectivity index (χ2v) is 31.4. The molecule has 0 N–H and O–H groups in total. The number of nitrogens with zero attached hydrogens (tertiary/aromatic N) is 2. The average Bonchev–Trinajstić information content (AvgIpc) is 1.62. The van der Waals surface area contributed by atoms with Gasteiger partial charge in [0.25, 0.3) is 0 Å². The standard InChI is InChI=1S/C93H122N2/c1-17-24-26-28-30-32-62-93(63-33-31-29-27-25-18-2)87-65-76(89(11,12)13)47-60-84(87)85-61-48-77(66-88(85)93)92(16,23-7)91(15,22-6)75-45-58-81(59-46-75)94(78-51-38-70(39-52-78)68(10)19-3)79-53-41-72(42-54-79)86(20-4)90(14,21-5)74-43-56-82(57-44-74)95(80-49-36-69(37-50-80)67(8)9)83-55-40-71-34-35-73(71)64-83/h36-61,64-68,86H,17-35,62-63H2,1-16H3. The molecule has 95 heavy (non-hydrogen) atoms. The molecular weight excluding hydrogens is 1150 g/mol. The minimum atomic E-state index is -0.145. The average molecular weight is 1270 g/mol. The maximum absolute atomic E-state index is 2.78. The molecule has 8 aromatic carbocycles. The van der Waals surface area contributed by atoms with Crippen LogP contribution in [-0.2, 0) is 39.9 Å². The lowest BCUT2D eigenvalue weighted by atomic mass is 9.56. The molecule has 8 aromatic rings. The van der Waals surface area contributed by atoms with E-state index in [2.05, 4.69) is 297 Å². The van der Waals surface area contributed by atoms with E-state index in [0.29, 0.717) is 17.8 Å². The van der Waals surface area contributed by atoms with Gasteiger partial charge in [0.1, 0.15) is 0 Å². The minimum Gasteiger partial charge on any atom is -0.311 e. The number of anilines is 6. The zero-order valence-electron chi connectivity index (χ0n) is 62.2. The summed E-state index contributed by atoms with van der Waals surface area (Å²) in [5.74, 6) is 1.32. The van der Waals surface area contributed by atoms with E-state index in [9.17, 15) is 0 Å². The number of fused-ring (bicyclic) bond motifs is 4. The Morgan fingerprint density at radius 1 is 0.358 bits per heavy atom. The maximum Gasteiger partial charge on any atom is 0.0464 e. The highest BCUT2D eigenvalue weighted by atomic mass is 15.1. The third-order valence-corrected chi connectivity index (χ3v) is 24.7. The maximum atomic E-state index is 2.78. The first-order valence-electron chi connectivity index (χ1n) is 38.3. The fourth-order valence-electron chi connectivity index (χ4n) is 17.2. The zero-order valence-corrected chi connectivity index (χ0v) is 62.2. The first kappa shape index (κ1) is 71.1. The summed E-state index contributed by atoms with van der Waals surface area (Å²) in [4.78, 5) is 4.97. The van der Waals surface area contributed by atoms with Gasteiger partial charge in [-0.15, -0.1) is 0 Å². The van der Waals surface area contributed by atoms with E-state index >= 15 is 0 Å². The summed E-state index contributed by atoms with van der Waals surface area (Å²) in [5.41, 5.74) is 26.1. The first-order valence-corrected chi connectivity index (χ1v) is 38.3. The van der Waals surface area contributed by atoms with Crippen LogP contribution in [0.2, 0.25) is 0 Å². The van der Waals surface area contributed by atoms with Crippen LogP contribution < -0.4 is 9.80 Å². The normalized spacial score (nSPS) is 15.8. The van der Waals surface area contributed by atoms with Gasteiger partial charge in [-0.05, 0) is 231 Å². The highest BCUT2D eigenvalue weighted by Gasteiger charge is 2.48. The Balaban J connectivity index is 0.977. The van der Waals surface area contributed by atoms with Crippen molar-refractivity contribution in [3.8, 4) is 11.1 Å². The number of hydrogen-bond acceptors (Lipinski definition) is 2. The molecule has 2 aliphatic rings. The van der Waals surface area contributed by atoms with Crippen molar-refractivity contribution in [1.82, 2.24) is 0 Å². The SMILES string of the molecule is CCCCCCCCC1(CCCCCCCC)c2cc(C(C)(C)C)ccc2-c2ccc(C(C)(CC)C(C)(CC)c3ccc(N(c4ccc(C(C)CC)cc4)c4ccc(C(CC)C(C)(CC)c5ccc(N(c6ccc(C(C)C)cc6)c6ccc7c(c6)CC7)cc5)cc4)cc3)cc21. The predicted molar refractivity (Wildman–Crippen MR) is 416 cm³/mol. The molecule has 5 unspecified atom stereocenters. The van der Waals surface area contributed by atoms with Crippen molar-refractivity contribution in [2.75, 3.05) is 9.80 Å². The Hall–Kier alpha value is -6.64. The molecule has 0 heterocycles. The van der Waals surface area contributed by atoms with Crippen LogP contribution in [0.15, 0.2) is 176 Å². The van der Waals surface area contributed by atoms with Crippen molar-refractivity contribution >= 4 is 34.1 Å². The molecule has 0 aromatic heterocycles. The smallest absolute Gasteiger partial charge is 0.0464 e. The summed E-state index contributed by atoms with van der Waals surface area (Å²) >= 11 is 0. The molecular formula is C93H122N2. The second kappa shape index (κ2) is 30.8.